The number of likely N-dealkylation sites (tertiary alicyclic amines) is 1. The predicted molar refractivity (Wildman–Crippen MR) is 116 cm³/mol. The number of guanidine groups is 1. The van der Waals surface area contributed by atoms with Crippen LogP contribution < -0.4 is 10.6 Å². The maximum absolute atomic E-state index is 12.5. The van der Waals surface area contributed by atoms with Crippen molar-refractivity contribution in [3.8, 4) is 0 Å². The van der Waals surface area contributed by atoms with Crippen LogP contribution in [0.1, 0.15) is 40.0 Å². The van der Waals surface area contributed by atoms with Crippen molar-refractivity contribution in [1.82, 2.24) is 19.8 Å². The van der Waals surface area contributed by atoms with Crippen molar-refractivity contribution in [2.45, 2.75) is 45.6 Å². The fourth-order valence-electron chi connectivity index (χ4n) is 3.47. The zero-order chi connectivity index (χ0) is 19.8. The summed E-state index contributed by atoms with van der Waals surface area (Å²) in [5.74, 6) is 2.59. The number of hydrogen-bond donors (Lipinski definition) is 2. The molecular weight excluding hydrogens is 382 g/mol. The largest absolute Gasteiger partial charge is 0.357 e. The van der Waals surface area contributed by atoms with Crippen LogP contribution in [0.2, 0.25) is 0 Å². The van der Waals surface area contributed by atoms with E-state index in [0.29, 0.717) is 32.1 Å². The summed E-state index contributed by atoms with van der Waals surface area (Å²) < 4.78 is 26.5. The van der Waals surface area contributed by atoms with Crippen LogP contribution in [0.5, 0.6) is 0 Å². The topological polar surface area (TPSA) is 77.0 Å². The van der Waals surface area contributed by atoms with E-state index >= 15 is 0 Å². The average molecular weight is 420 g/mol. The minimum absolute atomic E-state index is 0.0142. The van der Waals surface area contributed by atoms with Crippen LogP contribution in [0.3, 0.4) is 0 Å². The normalized spacial score (nSPS) is 21.2. The zero-order valence-electron chi connectivity index (χ0n) is 17.2. The molecule has 2 heterocycles. The van der Waals surface area contributed by atoms with Crippen LogP contribution in [0.15, 0.2) is 4.99 Å². The van der Waals surface area contributed by atoms with E-state index in [4.69, 9.17) is 4.99 Å². The Hall–Kier alpha value is -0.510. The van der Waals surface area contributed by atoms with Gasteiger partial charge in [0.2, 0.25) is 10.0 Å². The van der Waals surface area contributed by atoms with Gasteiger partial charge in [0, 0.05) is 43.2 Å². The first-order valence-corrected chi connectivity index (χ1v) is 12.9. The molecule has 2 aliphatic heterocycles. The lowest BCUT2D eigenvalue weighted by Gasteiger charge is -2.40. The summed E-state index contributed by atoms with van der Waals surface area (Å²) in [6.07, 6.45) is 3.85. The first kappa shape index (κ1) is 22.8. The van der Waals surface area contributed by atoms with Crippen molar-refractivity contribution in [2.75, 3.05) is 63.1 Å². The minimum atomic E-state index is -3.19. The molecule has 0 aromatic rings. The van der Waals surface area contributed by atoms with Crippen molar-refractivity contribution in [3.63, 3.8) is 0 Å². The fraction of sp³-hybridized carbons (Fsp3) is 0.944. The molecule has 0 saturated carbocycles. The molecule has 0 radical (unpaired) electrons. The SMILES string of the molecule is CCNC(=NCC(C)(C)N1CCCCC1)NCCS(=O)(=O)N1CCSCC1. The number of nitrogens with zero attached hydrogens (tertiary/aromatic N) is 3. The standard InChI is InChI=1S/C18H37N5O2S2/c1-4-19-17(21-16-18(2,3)22-9-6-5-7-10-22)20-8-15-27(24,25)23-11-13-26-14-12-23/h4-16H2,1-3H3,(H2,19,20,21). The van der Waals surface area contributed by atoms with Crippen LogP contribution in [0.25, 0.3) is 0 Å². The Morgan fingerprint density at radius 3 is 2.37 bits per heavy atom. The van der Waals surface area contributed by atoms with E-state index < -0.39 is 10.0 Å². The maximum Gasteiger partial charge on any atom is 0.215 e. The monoisotopic (exact) mass is 419 g/mol. The zero-order valence-corrected chi connectivity index (χ0v) is 18.8. The van der Waals surface area contributed by atoms with E-state index in [0.717, 1.165) is 31.1 Å². The summed E-state index contributed by atoms with van der Waals surface area (Å²) >= 11 is 1.82. The van der Waals surface area contributed by atoms with Gasteiger partial charge in [0.1, 0.15) is 0 Å². The van der Waals surface area contributed by atoms with Crippen molar-refractivity contribution in [2.24, 2.45) is 4.99 Å². The average Bonchev–Trinajstić information content (AvgIpc) is 2.67. The van der Waals surface area contributed by atoms with Gasteiger partial charge in [-0.2, -0.15) is 11.8 Å². The highest BCUT2D eigenvalue weighted by Crippen LogP contribution is 2.20. The Labute approximate surface area is 169 Å². The fourth-order valence-corrected chi connectivity index (χ4v) is 5.96. The van der Waals surface area contributed by atoms with Gasteiger partial charge >= 0.3 is 0 Å². The predicted octanol–water partition coefficient (Wildman–Crippen LogP) is 1.18. The number of thioether (sulfide) groups is 1. The molecule has 2 fully saturated rings. The molecule has 0 unspecified atom stereocenters. The van der Waals surface area contributed by atoms with Gasteiger partial charge in [0.25, 0.3) is 0 Å². The lowest BCUT2D eigenvalue weighted by molar-refractivity contribution is 0.102. The quantitative estimate of drug-likeness (QED) is 0.455. The van der Waals surface area contributed by atoms with Crippen molar-refractivity contribution in [1.29, 1.82) is 0 Å². The van der Waals surface area contributed by atoms with Crippen LogP contribution in [0, 0.1) is 0 Å². The highest BCUT2D eigenvalue weighted by atomic mass is 32.2. The molecule has 0 aliphatic carbocycles. The van der Waals surface area contributed by atoms with Crippen molar-refractivity contribution < 1.29 is 8.42 Å². The Kier molecular flexibility index (Phi) is 9.18. The van der Waals surface area contributed by atoms with Crippen LogP contribution in [-0.2, 0) is 10.0 Å². The highest BCUT2D eigenvalue weighted by Gasteiger charge is 2.28. The molecule has 0 bridgehead atoms. The third-order valence-electron chi connectivity index (χ3n) is 5.20. The Bertz CT molecular complexity index is 568. The minimum Gasteiger partial charge on any atom is -0.357 e. The van der Waals surface area contributed by atoms with E-state index in [1.807, 2.05) is 18.7 Å². The summed E-state index contributed by atoms with van der Waals surface area (Å²) in [6, 6.07) is 0. The molecule has 0 aromatic heterocycles. The maximum atomic E-state index is 12.5. The second-order valence-corrected chi connectivity index (χ2v) is 11.1. The van der Waals surface area contributed by atoms with Gasteiger partial charge in [-0.05, 0) is 46.7 Å². The molecule has 0 atom stereocenters. The molecule has 2 rings (SSSR count). The molecule has 0 spiro atoms. The van der Waals surface area contributed by atoms with Gasteiger partial charge in [-0.1, -0.05) is 6.42 Å². The molecule has 27 heavy (non-hydrogen) atoms. The molecule has 0 amide bonds. The highest BCUT2D eigenvalue weighted by molar-refractivity contribution is 7.99. The van der Waals surface area contributed by atoms with E-state index in [1.165, 1.54) is 19.3 Å². The van der Waals surface area contributed by atoms with E-state index in [2.05, 4.69) is 29.4 Å². The molecule has 2 aliphatic rings. The number of rotatable bonds is 8. The van der Waals surface area contributed by atoms with Gasteiger partial charge in [-0.15, -0.1) is 0 Å². The van der Waals surface area contributed by atoms with E-state index in [9.17, 15) is 8.42 Å². The number of sulfonamides is 1. The lowest BCUT2D eigenvalue weighted by atomic mass is 9.99. The third-order valence-corrected chi connectivity index (χ3v) is 8.01. The van der Waals surface area contributed by atoms with Gasteiger partial charge in [-0.25, -0.2) is 12.7 Å². The summed E-state index contributed by atoms with van der Waals surface area (Å²) in [4.78, 5) is 7.25. The summed E-state index contributed by atoms with van der Waals surface area (Å²) in [5, 5.41) is 6.43. The first-order valence-electron chi connectivity index (χ1n) is 10.2. The van der Waals surface area contributed by atoms with Crippen LogP contribution >= 0.6 is 11.8 Å². The number of aliphatic imine (C=N–C) groups is 1. The van der Waals surface area contributed by atoms with Crippen LogP contribution in [0.4, 0.5) is 0 Å². The second kappa shape index (κ2) is 10.9. The van der Waals surface area contributed by atoms with E-state index in [-0.39, 0.29) is 11.3 Å². The second-order valence-electron chi connectivity index (χ2n) is 7.81. The Morgan fingerprint density at radius 1 is 1.07 bits per heavy atom. The van der Waals surface area contributed by atoms with E-state index in [1.54, 1.807) is 4.31 Å². The van der Waals surface area contributed by atoms with Crippen molar-refractivity contribution >= 4 is 27.7 Å². The Morgan fingerprint density at radius 2 is 1.74 bits per heavy atom. The van der Waals surface area contributed by atoms with Gasteiger partial charge in [-0.3, -0.25) is 9.89 Å². The smallest absolute Gasteiger partial charge is 0.215 e. The number of nitrogens with one attached hydrogen (secondary N) is 2. The van der Waals surface area contributed by atoms with Gasteiger partial charge < -0.3 is 10.6 Å². The molecule has 9 heteroatoms. The summed E-state index contributed by atoms with van der Waals surface area (Å²) in [7, 11) is -3.19. The number of piperidine rings is 1. The summed E-state index contributed by atoms with van der Waals surface area (Å²) in [6.45, 7) is 11.9. The van der Waals surface area contributed by atoms with Crippen molar-refractivity contribution in [3.05, 3.63) is 0 Å². The van der Waals surface area contributed by atoms with Gasteiger partial charge in [0.05, 0.1) is 12.3 Å². The molecule has 2 N–H and O–H groups in total. The molecule has 7 nitrogen and oxygen atoms in total. The first-order chi connectivity index (χ1) is 12.8. The molecule has 2 saturated heterocycles. The third kappa shape index (κ3) is 7.44. The molecule has 0 aromatic carbocycles. The Balaban J connectivity index is 1.85. The van der Waals surface area contributed by atoms with Crippen LogP contribution in [-0.4, -0.2) is 92.2 Å². The molecule has 158 valence electrons. The lowest BCUT2D eigenvalue weighted by Crippen LogP contribution is -2.50. The number of hydrogen-bond acceptors (Lipinski definition) is 5. The molecular formula is C18H37N5O2S2. The van der Waals surface area contributed by atoms with Gasteiger partial charge in [0.15, 0.2) is 5.96 Å². The summed E-state index contributed by atoms with van der Waals surface area (Å²) in [5.41, 5.74) is 0.0142.